The summed E-state index contributed by atoms with van der Waals surface area (Å²) in [5.41, 5.74) is 0. The van der Waals surface area contributed by atoms with Gasteiger partial charge in [0.25, 0.3) is 0 Å². The number of hydrogen-bond donors (Lipinski definition) is 0. The van der Waals surface area contributed by atoms with Crippen LogP contribution in [0.3, 0.4) is 0 Å². The Bertz CT molecular complexity index is 90.2. The second-order valence-corrected chi connectivity index (χ2v) is 2.45. The molecule has 0 aromatic rings. The lowest BCUT2D eigenvalue weighted by molar-refractivity contribution is 0.761. The molecule has 0 aliphatic carbocycles. The van der Waals surface area contributed by atoms with Crippen LogP contribution < -0.4 is 0 Å². The lowest BCUT2D eigenvalue weighted by atomic mass is 10.2. The van der Waals surface area contributed by atoms with Gasteiger partial charge in [-0.3, -0.25) is 0 Å². The largest absolute Gasteiger partial charge is 0.103 e. The summed E-state index contributed by atoms with van der Waals surface area (Å²) in [6, 6.07) is 0. The summed E-state index contributed by atoms with van der Waals surface area (Å²) in [5.74, 6) is 0. The lowest BCUT2D eigenvalue weighted by Crippen LogP contribution is -1.70. The minimum absolute atomic E-state index is 1.17. The van der Waals surface area contributed by atoms with E-state index in [4.69, 9.17) is 0 Å². The molecular formula is C10H18. The van der Waals surface area contributed by atoms with Gasteiger partial charge in [0.15, 0.2) is 0 Å². The first-order valence-corrected chi connectivity index (χ1v) is 4.17. The second kappa shape index (κ2) is 8.48. The molecule has 0 saturated heterocycles. The molecule has 10 heavy (non-hydrogen) atoms. The monoisotopic (exact) mass is 138 g/mol. The van der Waals surface area contributed by atoms with Crippen LogP contribution in [0, 0.1) is 0 Å². The van der Waals surface area contributed by atoms with E-state index in [-0.39, 0.29) is 0 Å². The molecule has 0 aliphatic rings. The van der Waals surface area contributed by atoms with E-state index in [0.29, 0.717) is 0 Å². The first kappa shape index (κ1) is 9.48. The van der Waals surface area contributed by atoms with Crippen molar-refractivity contribution in [2.75, 3.05) is 0 Å². The van der Waals surface area contributed by atoms with Crippen molar-refractivity contribution >= 4 is 0 Å². The summed E-state index contributed by atoms with van der Waals surface area (Å²) in [6.45, 7) is 5.84. The topological polar surface area (TPSA) is 0 Å². The molecule has 0 amide bonds. The third kappa shape index (κ3) is 7.48. The number of unbranched alkanes of at least 4 members (excludes halogenated alkanes) is 3. The predicted octanol–water partition coefficient (Wildman–Crippen LogP) is 3.70. The van der Waals surface area contributed by atoms with Crippen LogP contribution in [0.2, 0.25) is 0 Å². The highest BCUT2D eigenvalue weighted by atomic mass is 13.9. The van der Waals surface area contributed by atoms with E-state index in [1.807, 2.05) is 6.08 Å². The van der Waals surface area contributed by atoms with E-state index >= 15 is 0 Å². The van der Waals surface area contributed by atoms with Crippen LogP contribution in [0.4, 0.5) is 0 Å². The maximum absolute atomic E-state index is 3.68. The van der Waals surface area contributed by atoms with Crippen LogP contribution in [-0.4, -0.2) is 0 Å². The Balaban J connectivity index is 2.89. The molecule has 58 valence electrons. The molecule has 0 aromatic carbocycles. The maximum atomic E-state index is 3.68. The van der Waals surface area contributed by atoms with E-state index in [0.717, 1.165) is 0 Å². The van der Waals surface area contributed by atoms with Gasteiger partial charge in [0.1, 0.15) is 0 Å². The molecule has 0 heterocycles. The van der Waals surface area contributed by atoms with Gasteiger partial charge in [-0.2, -0.15) is 0 Å². The third-order valence-corrected chi connectivity index (χ3v) is 1.43. The third-order valence-electron chi connectivity index (χ3n) is 1.43. The summed E-state index contributed by atoms with van der Waals surface area (Å²) in [6.07, 6.45) is 12.7. The van der Waals surface area contributed by atoms with Crippen molar-refractivity contribution < 1.29 is 0 Å². The Kier molecular flexibility index (Phi) is 8.04. The van der Waals surface area contributed by atoms with Gasteiger partial charge in [0.2, 0.25) is 0 Å². The first-order chi connectivity index (χ1) is 4.91. The Morgan fingerprint density at radius 2 is 1.80 bits per heavy atom. The number of rotatable bonds is 6. The van der Waals surface area contributed by atoms with Crippen LogP contribution in [0.15, 0.2) is 24.8 Å². The summed E-state index contributed by atoms with van der Waals surface area (Å²) in [5, 5.41) is 0. The molecule has 0 heteroatoms. The minimum Gasteiger partial charge on any atom is -0.103 e. The Morgan fingerprint density at radius 1 is 1.10 bits per heavy atom. The fourth-order valence-electron chi connectivity index (χ4n) is 0.835. The molecular weight excluding hydrogens is 120 g/mol. The molecule has 0 bridgehead atoms. The van der Waals surface area contributed by atoms with Crippen molar-refractivity contribution in [3.8, 4) is 0 Å². The van der Waals surface area contributed by atoms with E-state index in [9.17, 15) is 0 Å². The minimum atomic E-state index is 1.17. The van der Waals surface area contributed by atoms with Crippen molar-refractivity contribution in [2.45, 2.75) is 39.0 Å². The first-order valence-electron chi connectivity index (χ1n) is 4.17. The van der Waals surface area contributed by atoms with Gasteiger partial charge in [0, 0.05) is 0 Å². The summed E-state index contributed by atoms with van der Waals surface area (Å²) in [7, 11) is 0. The molecule has 0 saturated carbocycles. The Morgan fingerprint density at radius 3 is 2.40 bits per heavy atom. The zero-order chi connectivity index (χ0) is 7.66. The maximum Gasteiger partial charge on any atom is -0.0351 e. The van der Waals surface area contributed by atoms with E-state index in [1.54, 1.807) is 0 Å². The van der Waals surface area contributed by atoms with Gasteiger partial charge in [-0.05, 0) is 32.1 Å². The molecule has 0 spiro atoms. The van der Waals surface area contributed by atoms with Crippen LogP contribution in [-0.2, 0) is 0 Å². The quantitative estimate of drug-likeness (QED) is 0.388. The van der Waals surface area contributed by atoms with Gasteiger partial charge in [-0.1, -0.05) is 25.2 Å². The average Bonchev–Trinajstić information content (AvgIpc) is 1.97. The normalized spacial score (nSPS) is 10.5. The number of allylic oxidation sites excluding steroid dienone is 3. The van der Waals surface area contributed by atoms with Crippen molar-refractivity contribution in [3.63, 3.8) is 0 Å². The van der Waals surface area contributed by atoms with Crippen molar-refractivity contribution in [2.24, 2.45) is 0 Å². The van der Waals surface area contributed by atoms with E-state index in [1.165, 1.54) is 32.1 Å². The van der Waals surface area contributed by atoms with E-state index < -0.39 is 0 Å². The highest BCUT2D eigenvalue weighted by Crippen LogP contribution is 2.00. The second-order valence-electron chi connectivity index (χ2n) is 2.45. The molecule has 0 unspecified atom stereocenters. The van der Waals surface area contributed by atoms with Crippen molar-refractivity contribution in [1.29, 1.82) is 0 Å². The highest BCUT2D eigenvalue weighted by Gasteiger charge is 1.80. The predicted molar refractivity (Wildman–Crippen MR) is 48.1 cm³/mol. The van der Waals surface area contributed by atoms with Crippen molar-refractivity contribution in [1.82, 2.24) is 0 Å². The number of hydrogen-bond acceptors (Lipinski definition) is 0. The standard InChI is InChI=1S/C10H18/c1-3-5-7-9-10-8-6-4-2/h3,6,8H,1,4-5,7,9-10H2,2H3. The van der Waals surface area contributed by atoms with Crippen LogP contribution >= 0.6 is 0 Å². The highest BCUT2D eigenvalue weighted by molar-refractivity contribution is 4.80. The average molecular weight is 138 g/mol. The molecule has 0 fully saturated rings. The van der Waals surface area contributed by atoms with Gasteiger partial charge in [0.05, 0.1) is 0 Å². The molecule has 0 rings (SSSR count). The molecule has 0 aliphatic heterocycles. The van der Waals surface area contributed by atoms with Gasteiger partial charge < -0.3 is 0 Å². The van der Waals surface area contributed by atoms with Crippen LogP contribution in [0.1, 0.15) is 39.0 Å². The Hall–Kier alpha value is -0.520. The fourth-order valence-corrected chi connectivity index (χ4v) is 0.835. The van der Waals surface area contributed by atoms with E-state index in [2.05, 4.69) is 25.7 Å². The van der Waals surface area contributed by atoms with Crippen LogP contribution in [0.5, 0.6) is 0 Å². The molecule has 0 radical (unpaired) electrons. The van der Waals surface area contributed by atoms with Gasteiger partial charge in [-0.15, -0.1) is 6.58 Å². The van der Waals surface area contributed by atoms with Crippen LogP contribution in [0.25, 0.3) is 0 Å². The lowest BCUT2D eigenvalue weighted by Gasteiger charge is -1.90. The SMILES string of the molecule is C=CCCCCC=CCC. The fraction of sp³-hybridized carbons (Fsp3) is 0.600. The smallest absolute Gasteiger partial charge is 0.0351 e. The molecule has 0 nitrogen and oxygen atoms in total. The van der Waals surface area contributed by atoms with Crippen molar-refractivity contribution in [3.05, 3.63) is 24.8 Å². The summed E-state index contributed by atoms with van der Waals surface area (Å²) < 4.78 is 0. The van der Waals surface area contributed by atoms with Gasteiger partial charge in [-0.25, -0.2) is 0 Å². The molecule has 0 aromatic heterocycles. The van der Waals surface area contributed by atoms with Gasteiger partial charge >= 0.3 is 0 Å². The summed E-state index contributed by atoms with van der Waals surface area (Å²) in [4.78, 5) is 0. The Labute approximate surface area is 64.6 Å². The molecule has 0 atom stereocenters. The molecule has 0 N–H and O–H groups in total. The summed E-state index contributed by atoms with van der Waals surface area (Å²) >= 11 is 0. The zero-order valence-corrected chi connectivity index (χ0v) is 6.97. The zero-order valence-electron chi connectivity index (χ0n) is 6.97.